The molecule has 0 bridgehead atoms. The van der Waals surface area contributed by atoms with Gasteiger partial charge in [-0.25, -0.2) is 0 Å². The van der Waals surface area contributed by atoms with E-state index in [0.717, 1.165) is 11.1 Å². The number of benzene rings is 2. The van der Waals surface area contributed by atoms with Crippen LogP contribution in [0.1, 0.15) is 30.1 Å². The second-order valence-corrected chi connectivity index (χ2v) is 8.47. The molecule has 0 spiro atoms. The van der Waals surface area contributed by atoms with Crippen molar-refractivity contribution < 1.29 is 19.5 Å². The van der Waals surface area contributed by atoms with Crippen molar-refractivity contribution in [1.82, 2.24) is 10.2 Å². The molecule has 2 unspecified atom stereocenters. The van der Waals surface area contributed by atoms with Crippen LogP contribution in [0, 0.1) is 11.3 Å². The molecule has 1 fully saturated rings. The maximum atomic E-state index is 13.4. The summed E-state index contributed by atoms with van der Waals surface area (Å²) < 4.78 is 0. The van der Waals surface area contributed by atoms with Crippen LogP contribution in [0.2, 0.25) is 0 Å². The van der Waals surface area contributed by atoms with Gasteiger partial charge in [0.25, 0.3) is 0 Å². The molecule has 2 aromatic rings. The Labute approximate surface area is 204 Å². The van der Waals surface area contributed by atoms with Crippen LogP contribution in [0.15, 0.2) is 84.0 Å². The molecule has 2 aliphatic rings. The summed E-state index contributed by atoms with van der Waals surface area (Å²) in [5, 5.41) is 25.0. The second-order valence-electron chi connectivity index (χ2n) is 8.47. The van der Waals surface area contributed by atoms with Crippen molar-refractivity contribution in [1.29, 1.82) is 5.41 Å². The third kappa shape index (κ3) is 5.55. The molecule has 2 amide bonds. The van der Waals surface area contributed by atoms with Crippen LogP contribution < -0.4 is 5.32 Å². The van der Waals surface area contributed by atoms with E-state index < -0.39 is 24.0 Å². The Morgan fingerprint density at radius 2 is 1.83 bits per heavy atom. The van der Waals surface area contributed by atoms with Crippen LogP contribution in [0.5, 0.6) is 0 Å². The van der Waals surface area contributed by atoms with Gasteiger partial charge < -0.3 is 20.2 Å². The van der Waals surface area contributed by atoms with E-state index >= 15 is 0 Å². The zero-order valence-electron chi connectivity index (χ0n) is 19.4. The quantitative estimate of drug-likeness (QED) is 0.340. The fourth-order valence-corrected chi connectivity index (χ4v) is 4.31. The van der Waals surface area contributed by atoms with E-state index in [4.69, 9.17) is 10.2 Å². The molecule has 0 aromatic heterocycles. The Hall–Kier alpha value is -4.04. The van der Waals surface area contributed by atoms with E-state index in [1.807, 2.05) is 48.6 Å². The standard InChI is InChI=1S/C27H28N4O4/c1-35-30-22-16-23(26(33)29-25(28)24(32)20-10-6-3-7-11-20)31(17-22)27(34)21-14-12-19(13-15-21)18-8-4-2-5-9-18/h2-14,21,23-24,32H,15-17H2,1H3,(H2,28,29,33)/b30-22+/t21?,23-,24?/m0/s1. The van der Waals surface area contributed by atoms with Crippen molar-refractivity contribution in [3.8, 4) is 0 Å². The lowest BCUT2D eigenvalue weighted by Crippen LogP contribution is -2.49. The first kappa shape index (κ1) is 24.1. The SMILES string of the molecule is CO/N=C1\C[C@@H](C(=O)NC(=N)C(O)c2ccccc2)N(C(=O)C2C=CC(c3ccccc3)=CC2)C1. The molecular weight excluding hydrogens is 444 g/mol. The van der Waals surface area contributed by atoms with Gasteiger partial charge in [-0.3, -0.25) is 15.0 Å². The number of rotatable bonds is 6. The number of nitrogens with zero attached hydrogens (tertiary/aromatic N) is 2. The van der Waals surface area contributed by atoms with E-state index in [1.165, 1.54) is 12.0 Å². The van der Waals surface area contributed by atoms with E-state index in [2.05, 4.69) is 10.5 Å². The summed E-state index contributed by atoms with van der Waals surface area (Å²) in [6.45, 7) is 0.166. The molecule has 1 aliphatic heterocycles. The average Bonchev–Trinajstić information content (AvgIpc) is 3.33. The number of allylic oxidation sites excluding steroid dienone is 3. The summed E-state index contributed by atoms with van der Waals surface area (Å²) in [7, 11) is 1.41. The molecule has 0 saturated carbocycles. The highest BCUT2D eigenvalue weighted by Gasteiger charge is 2.40. The van der Waals surface area contributed by atoms with Crippen molar-refractivity contribution in [2.24, 2.45) is 11.1 Å². The van der Waals surface area contributed by atoms with Crippen molar-refractivity contribution in [2.45, 2.75) is 25.0 Å². The van der Waals surface area contributed by atoms with Gasteiger partial charge in [-0.15, -0.1) is 0 Å². The van der Waals surface area contributed by atoms with Crippen molar-refractivity contribution in [3.05, 3.63) is 90.0 Å². The maximum absolute atomic E-state index is 13.4. The predicted molar refractivity (Wildman–Crippen MR) is 133 cm³/mol. The maximum Gasteiger partial charge on any atom is 0.248 e. The number of amidine groups is 1. The Morgan fingerprint density at radius 1 is 1.14 bits per heavy atom. The lowest BCUT2D eigenvalue weighted by molar-refractivity contribution is -0.139. The molecular formula is C27H28N4O4. The fraction of sp³-hybridized carbons (Fsp3) is 0.259. The summed E-state index contributed by atoms with van der Waals surface area (Å²) >= 11 is 0. The monoisotopic (exact) mass is 472 g/mol. The third-order valence-corrected chi connectivity index (χ3v) is 6.13. The van der Waals surface area contributed by atoms with Gasteiger partial charge in [0.05, 0.1) is 18.2 Å². The van der Waals surface area contributed by atoms with Crippen LogP contribution in [0.4, 0.5) is 0 Å². The highest BCUT2D eigenvalue weighted by molar-refractivity contribution is 6.07. The molecule has 3 atom stereocenters. The molecule has 2 aromatic carbocycles. The first-order chi connectivity index (χ1) is 17.0. The number of carbonyl (C=O) groups excluding carboxylic acids is 2. The number of aliphatic hydroxyl groups is 1. The molecule has 8 nitrogen and oxygen atoms in total. The number of likely N-dealkylation sites (tertiary alicyclic amines) is 1. The molecule has 4 rings (SSSR count). The van der Waals surface area contributed by atoms with E-state index in [-0.39, 0.29) is 24.7 Å². The van der Waals surface area contributed by atoms with Gasteiger partial charge in [0.15, 0.2) is 0 Å². The Kier molecular flexibility index (Phi) is 7.52. The number of hydrogen-bond acceptors (Lipinski definition) is 6. The van der Waals surface area contributed by atoms with E-state index in [9.17, 15) is 14.7 Å². The molecule has 8 heteroatoms. The molecule has 1 heterocycles. The molecule has 0 radical (unpaired) electrons. The van der Waals surface area contributed by atoms with Crippen LogP contribution in [0.25, 0.3) is 5.57 Å². The van der Waals surface area contributed by atoms with Crippen molar-refractivity contribution in [2.75, 3.05) is 13.7 Å². The lowest BCUT2D eigenvalue weighted by Gasteiger charge is -2.27. The number of oxime groups is 1. The molecule has 180 valence electrons. The van der Waals surface area contributed by atoms with Crippen LogP contribution in [-0.2, 0) is 14.4 Å². The van der Waals surface area contributed by atoms with Crippen molar-refractivity contribution >= 4 is 28.9 Å². The summed E-state index contributed by atoms with van der Waals surface area (Å²) in [6, 6.07) is 17.7. The average molecular weight is 473 g/mol. The van der Waals surface area contributed by atoms with Crippen molar-refractivity contribution in [3.63, 3.8) is 0 Å². The van der Waals surface area contributed by atoms with Gasteiger partial charge in [-0.05, 0) is 23.1 Å². The fourth-order valence-electron chi connectivity index (χ4n) is 4.31. The normalized spacial score (nSPS) is 21.4. The zero-order chi connectivity index (χ0) is 24.8. The predicted octanol–water partition coefficient (Wildman–Crippen LogP) is 3.08. The lowest BCUT2D eigenvalue weighted by atomic mass is 9.92. The zero-order valence-corrected chi connectivity index (χ0v) is 19.4. The van der Waals surface area contributed by atoms with Crippen LogP contribution in [-0.4, -0.2) is 53.1 Å². The molecule has 3 N–H and O–H groups in total. The first-order valence-electron chi connectivity index (χ1n) is 11.4. The Morgan fingerprint density at radius 3 is 2.46 bits per heavy atom. The number of aliphatic hydroxyl groups excluding tert-OH is 1. The van der Waals surface area contributed by atoms with Gasteiger partial charge in [0.1, 0.15) is 25.1 Å². The summed E-state index contributed by atoms with van der Waals surface area (Å²) in [4.78, 5) is 32.9. The second kappa shape index (κ2) is 10.9. The summed E-state index contributed by atoms with van der Waals surface area (Å²) in [6.07, 6.45) is 5.26. The third-order valence-electron chi connectivity index (χ3n) is 6.13. The molecule has 1 saturated heterocycles. The molecule has 35 heavy (non-hydrogen) atoms. The van der Waals surface area contributed by atoms with E-state index in [0.29, 0.717) is 17.7 Å². The first-order valence-corrected chi connectivity index (χ1v) is 11.4. The number of amides is 2. The van der Waals surface area contributed by atoms with E-state index in [1.54, 1.807) is 30.3 Å². The number of nitrogens with one attached hydrogen (secondary N) is 2. The van der Waals surface area contributed by atoms with Crippen LogP contribution in [0.3, 0.4) is 0 Å². The minimum absolute atomic E-state index is 0.166. The minimum Gasteiger partial charge on any atom is -0.399 e. The Balaban J connectivity index is 1.46. The summed E-state index contributed by atoms with van der Waals surface area (Å²) in [5.74, 6) is -1.49. The summed E-state index contributed by atoms with van der Waals surface area (Å²) in [5.41, 5.74) is 3.19. The van der Waals surface area contributed by atoms with Gasteiger partial charge in [-0.1, -0.05) is 84.0 Å². The number of hydrogen-bond donors (Lipinski definition) is 3. The highest BCUT2D eigenvalue weighted by atomic mass is 16.6. The van der Waals surface area contributed by atoms with Gasteiger partial charge in [-0.2, -0.15) is 0 Å². The molecule has 1 aliphatic carbocycles. The van der Waals surface area contributed by atoms with Gasteiger partial charge in [0, 0.05) is 6.42 Å². The van der Waals surface area contributed by atoms with Crippen LogP contribution >= 0.6 is 0 Å². The highest BCUT2D eigenvalue weighted by Crippen LogP contribution is 2.28. The smallest absolute Gasteiger partial charge is 0.248 e. The largest absolute Gasteiger partial charge is 0.399 e. The van der Waals surface area contributed by atoms with Gasteiger partial charge >= 0.3 is 0 Å². The Bertz CT molecular complexity index is 1170. The number of carbonyl (C=O) groups is 2. The minimum atomic E-state index is -1.28. The topological polar surface area (TPSA) is 115 Å². The van der Waals surface area contributed by atoms with Gasteiger partial charge in [0.2, 0.25) is 11.8 Å².